The van der Waals surface area contributed by atoms with E-state index in [0.717, 1.165) is 5.56 Å². The summed E-state index contributed by atoms with van der Waals surface area (Å²) in [5.74, 6) is 0.270. The molecule has 122 valence electrons. The first-order chi connectivity index (χ1) is 11.7. The van der Waals surface area contributed by atoms with Gasteiger partial charge in [-0.1, -0.05) is 6.07 Å². The summed E-state index contributed by atoms with van der Waals surface area (Å²) in [4.78, 5) is 27.6. The van der Waals surface area contributed by atoms with Gasteiger partial charge in [0.15, 0.2) is 11.5 Å². The molecule has 0 radical (unpaired) electrons. The third-order valence-corrected chi connectivity index (χ3v) is 3.13. The topological polar surface area (TPSA) is 102 Å². The number of nitrogens with one attached hydrogen (secondary N) is 2. The Morgan fingerprint density at radius 1 is 1.25 bits per heavy atom. The molecule has 0 bridgehead atoms. The highest BCUT2D eigenvalue weighted by Gasteiger charge is 2.16. The van der Waals surface area contributed by atoms with Crippen molar-refractivity contribution in [3.8, 4) is 11.5 Å². The molecule has 1 aromatic carbocycles. The van der Waals surface area contributed by atoms with Crippen molar-refractivity contribution >= 4 is 18.0 Å². The Bertz CT molecular complexity index is 777. The van der Waals surface area contributed by atoms with Gasteiger partial charge in [-0.25, -0.2) is 5.43 Å². The van der Waals surface area contributed by atoms with E-state index in [2.05, 4.69) is 20.8 Å². The molecule has 2 aromatic rings. The molecule has 3 rings (SSSR count). The van der Waals surface area contributed by atoms with Crippen LogP contribution in [0.15, 0.2) is 47.8 Å². The molecular formula is C16H14N4O4. The standard InChI is InChI=1S/C16H14N4O4/c21-15(20-19-8-11-2-1-5-17-7-11)9-18-16(22)12-3-4-13-14(6-12)24-10-23-13/h1-8H,9-10H2,(H,18,22)(H,20,21). The summed E-state index contributed by atoms with van der Waals surface area (Å²) in [5, 5.41) is 6.29. The van der Waals surface area contributed by atoms with Gasteiger partial charge in [-0.05, 0) is 24.3 Å². The fraction of sp³-hybridized carbons (Fsp3) is 0.125. The maximum absolute atomic E-state index is 12.0. The Hall–Kier alpha value is -3.42. The average molecular weight is 326 g/mol. The van der Waals surface area contributed by atoms with Gasteiger partial charge in [0.25, 0.3) is 11.8 Å². The van der Waals surface area contributed by atoms with Crippen molar-refractivity contribution in [1.82, 2.24) is 15.7 Å². The van der Waals surface area contributed by atoms with Gasteiger partial charge in [0.2, 0.25) is 6.79 Å². The van der Waals surface area contributed by atoms with E-state index in [1.54, 1.807) is 42.7 Å². The molecule has 0 unspecified atom stereocenters. The Morgan fingerprint density at radius 3 is 2.96 bits per heavy atom. The van der Waals surface area contributed by atoms with E-state index in [4.69, 9.17) is 9.47 Å². The van der Waals surface area contributed by atoms with Crippen LogP contribution in [0.5, 0.6) is 11.5 Å². The van der Waals surface area contributed by atoms with Crippen LogP contribution >= 0.6 is 0 Å². The summed E-state index contributed by atoms with van der Waals surface area (Å²) in [5.41, 5.74) is 3.46. The molecule has 24 heavy (non-hydrogen) atoms. The maximum Gasteiger partial charge on any atom is 0.259 e. The van der Waals surface area contributed by atoms with Crippen LogP contribution in [0.1, 0.15) is 15.9 Å². The zero-order chi connectivity index (χ0) is 16.8. The molecular weight excluding hydrogens is 312 g/mol. The molecule has 8 nitrogen and oxygen atoms in total. The Balaban J connectivity index is 1.47. The van der Waals surface area contributed by atoms with Crippen molar-refractivity contribution in [3.05, 3.63) is 53.9 Å². The number of hydrazone groups is 1. The summed E-state index contributed by atoms with van der Waals surface area (Å²) >= 11 is 0. The molecule has 2 heterocycles. The zero-order valence-corrected chi connectivity index (χ0v) is 12.6. The first-order valence-electron chi connectivity index (χ1n) is 7.12. The monoisotopic (exact) mass is 326 g/mol. The largest absolute Gasteiger partial charge is 0.454 e. The van der Waals surface area contributed by atoms with E-state index >= 15 is 0 Å². The highest BCUT2D eigenvalue weighted by Crippen LogP contribution is 2.32. The molecule has 0 atom stereocenters. The number of amides is 2. The van der Waals surface area contributed by atoms with Crippen molar-refractivity contribution in [2.24, 2.45) is 5.10 Å². The predicted octanol–water partition coefficient (Wildman–Crippen LogP) is 0.690. The summed E-state index contributed by atoms with van der Waals surface area (Å²) in [6, 6.07) is 8.37. The molecule has 8 heteroatoms. The highest BCUT2D eigenvalue weighted by atomic mass is 16.7. The average Bonchev–Trinajstić information content (AvgIpc) is 3.08. The van der Waals surface area contributed by atoms with Crippen LogP contribution in [0.3, 0.4) is 0 Å². The molecule has 0 spiro atoms. The molecule has 0 saturated carbocycles. The molecule has 0 aliphatic carbocycles. The zero-order valence-electron chi connectivity index (χ0n) is 12.6. The van der Waals surface area contributed by atoms with Gasteiger partial charge in [-0.3, -0.25) is 14.6 Å². The Kier molecular flexibility index (Phi) is 4.66. The summed E-state index contributed by atoms with van der Waals surface area (Å²) in [6.45, 7) is -0.0601. The van der Waals surface area contributed by atoms with Gasteiger partial charge in [-0.15, -0.1) is 0 Å². The minimum Gasteiger partial charge on any atom is -0.454 e. The van der Waals surface area contributed by atoms with Gasteiger partial charge in [0, 0.05) is 23.5 Å². The number of nitrogens with zero attached hydrogens (tertiary/aromatic N) is 2. The van der Waals surface area contributed by atoms with E-state index in [9.17, 15) is 9.59 Å². The van der Waals surface area contributed by atoms with Crippen LogP contribution in [0, 0.1) is 0 Å². The SMILES string of the molecule is O=C(CNC(=O)c1ccc2c(c1)OCO2)NN=Cc1cccnc1. The second-order valence-corrected chi connectivity index (χ2v) is 4.83. The molecule has 1 aliphatic heterocycles. The summed E-state index contributed by atoms with van der Waals surface area (Å²) in [7, 11) is 0. The minimum absolute atomic E-state index is 0.137. The van der Waals surface area contributed by atoms with Crippen molar-refractivity contribution in [3.63, 3.8) is 0 Å². The number of fused-ring (bicyclic) bond motifs is 1. The quantitative estimate of drug-likeness (QED) is 0.622. The summed E-state index contributed by atoms with van der Waals surface area (Å²) < 4.78 is 10.4. The predicted molar refractivity (Wildman–Crippen MR) is 84.9 cm³/mol. The number of carbonyl (C=O) groups is 2. The van der Waals surface area contributed by atoms with Crippen LogP contribution < -0.4 is 20.2 Å². The van der Waals surface area contributed by atoms with Crippen LogP contribution in [-0.4, -0.2) is 36.4 Å². The lowest BCUT2D eigenvalue weighted by atomic mass is 10.2. The smallest absolute Gasteiger partial charge is 0.259 e. The van der Waals surface area contributed by atoms with Gasteiger partial charge in [-0.2, -0.15) is 5.10 Å². The van der Waals surface area contributed by atoms with E-state index in [1.165, 1.54) is 6.21 Å². The number of carbonyl (C=O) groups excluding carboxylic acids is 2. The molecule has 2 N–H and O–H groups in total. The normalized spacial score (nSPS) is 12.2. The lowest BCUT2D eigenvalue weighted by molar-refractivity contribution is -0.120. The van der Waals surface area contributed by atoms with E-state index in [1.807, 2.05) is 0 Å². The first-order valence-corrected chi connectivity index (χ1v) is 7.12. The highest BCUT2D eigenvalue weighted by molar-refractivity contribution is 5.97. The van der Waals surface area contributed by atoms with Crippen LogP contribution in [-0.2, 0) is 4.79 Å². The van der Waals surface area contributed by atoms with Crippen molar-refractivity contribution < 1.29 is 19.1 Å². The van der Waals surface area contributed by atoms with Crippen LogP contribution in [0.2, 0.25) is 0 Å². The molecule has 2 amide bonds. The van der Waals surface area contributed by atoms with Crippen molar-refractivity contribution in [2.75, 3.05) is 13.3 Å². The molecule has 1 aliphatic rings. The third-order valence-electron chi connectivity index (χ3n) is 3.13. The van der Waals surface area contributed by atoms with Gasteiger partial charge < -0.3 is 14.8 Å². The second kappa shape index (κ2) is 7.23. The van der Waals surface area contributed by atoms with Gasteiger partial charge >= 0.3 is 0 Å². The fourth-order valence-electron chi connectivity index (χ4n) is 1.97. The number of hydrogen-bond acceptors (Lipinski definition) is 6. The Morgan fingerprint density at radius 2 is 2.12 bits per heavy atom. The fourth-order valence-corrected chi connectivity index (χ4v) is 1.97. The van der Waals surface area contributed by atoms with Crippen molar-refractivity contribution in [1.29, 1.82) is 0 Å². The van der Waals surface area contributed by atoms with Gasteiger partial charge in [0.1, 0.15) is 0 Å². The number of aromatic nitrogens is 1. The number of ether oxygens (including phenoxy) is 2. The minimum atomic E-state index is -0.441. The molecule has 0 fully saturated rings. The number of benzene rings is 1. The number of rotatable bonds is 5. The van der Waals surface area contributed by atoms with E-state index in [0.29, 0.717) is 17.1 Å². The van der Waals surface area contributed by atoms with E-state index < -0.39 is 5.91 Å². The number of hydrogen-bond donors (Lipinski definition) is 2. The molecule has 0 saturated heterocycles. The Labute approximate surface area is 137 Å². The third kappa shape index (κ3) is 3.86. The van der Waals surface area contributed by atoms with Gasteiger partial charge in [0.05, 0.1) is 12.8 Å². The van der Waals surface area contributed by atoms with Crippen LogP contribution in [0.25, 0.3) is 0 Å². The van der Waals surface area contributed by atoms with E-state index in [-0.39, 0.29) is 19.2 Å². The maximum atomic E-state index is 12.0. The second-order valence-electron chi connectivity index (χ2n) is 4.83. The molecule has 1 aromatic heterocycles. The lowest BCUT2D eigenvalue weighted by Gasteiger charge is -2.05. The number of pyridine rings is 1. The summed E-state index contributed by atoms with van der Waals surface area (Å²) in [6.07, 6.45) is 4.71. The first kappa shape index (κ1) is 15.5. The van der Waals surface area contributed by atoms with Crippen LogP contribution in [0.4, 0.5) is 0 Å². The lowest BCUT2D eigenvalue weighted by Crippen LogP contribution is -2.34. The van der Waals surface area contributed by atoms with Crippen molar-refractivity contribution in [2.45, 2.75) is 0 Å².